The van der Waals surface area contributed by atoms with Crippen molar-refractivity contribution in [2.24, 2.45) is 5.92 Å². The fourth-order valence-corrected chi connectivity index (χ4v) is 2.67. The number of nitro benzene ring substituents is 1. The van der Waals surface area contributed by atoms with Crippen LogP contribution in [0, 0.1) is 16.0 Å². The largest absolute Gasteiger partial charge is 0.394 e. The van der Waals surface area contributed by atoms with Gasteiger partial charge in [-0.3, -0.25) is 14.9 Å². The highest BCUT2D eigenvalue weighted by Gasteiger charge is 2.42. The summed E-state index contributed by atoms with van der Waals surface area (Å²) in [6.45, 7) is 1.68. The molecule has 0 saturated heterocycles. The van der Waals surface area contributed by atoms with Gasteiger partial charge in [-0.15, -0.1) is 0 Å². The van der Waals surface area contributed by atoms with Gasteiger partial charge in [-0.2, -0.15) is 0 Å². The van der Waals surface area contributed by atoms with Crippen LogP contribution in [0.2, 0.25) is 0 Å². The average Bonchev–Trinajstić information content (AvgIpc) is 3.22. The first kappa shape index (κ1) is 14.9. The third-order valence-corrected chi connectivity index (χ3v) is 4.27. The van der Waals surface area contributed by atoms with Crippen LogP contribution in [0.1, 0.15) is 30.1 Å². The van der Waals surface area contributed by atoms with Crippen molar-refractivity contribution >= 4 is 27.5 Å². The molecule has 1 aromatic carbocycles. The van der Waals surface area contributed by atoms with Gasteiger partial charge in [0.15, 0.2) is 0 Å². The molecule has 2 rings (SSSR count). The third kappa shape index (κ3) is 2.99. The Morgan fingerprint density at radius 3 is 2.70 bits per heavy atom. The van der Waals surface area contributed by atoms with Crippen LogP contribution in [0.3, 0.4) is 0 Å². The number of rotatable bonds is 5. The Labute approximate surface area is 124 Å². The summed E-state index contributed by atoms with van der Waals surface area (Å²) < 4.78 is 0.361. The predicted molar refractivity (Wildman–Crippen MR) is 76.5 cm³/mol. The van der Waals surface area contributed by atoms with Gasteiger partial charge in [-0.1, -0.05) is 0 Å². The van der Waals surface area contributed by atoms with Crippen molar-refractivity contribution in [3.8, 4) is 0 Å². The maximum atomic E-state index is 12.2. The van der Waals surface area contributed by atoms with Crippen molar-refractivity contribution in [1.29, 1.82) is 0 Å². The molecule has 1 aliphatic carbocycles. The number of nitrogens with zero attached hydrogens (tertiary/aromatic N) is 1. The summed E-state index contributed by atoms with van der Waals surface area (Å²) in [5.41, 5.74) is -0.408. The van der Waals surface area contributed by atoms with E-state index < -0.39 is 10.5 Å². The summed E-state index contributed by atoms with van der Waals surface area (Å²) >= 11 is 3.17. The maximum Gasteiger partial charge on any atom is 0.270 e. The second kappa shape index (κ2) is 5.49. The highest BCUT2D eigenvalue weighted by atomic mass is 79.9. The van der Waals surface area contributed by atoms with Gasteiger partial charge in [-0.25, -0.2) is 0 Å². The molecule has 1 fully saturated rings. The van der Waals surface area contributed by atoms with Crippen LogP contribution >= 0.6 is 15.9 Å². The Kier molecular flexibility index (Phi) is 4.10. The van der Waals surface area contributed by atoms with E-state index in [2.05, 4.69) is 21.2 Å². The minimum absolute atomic E-state index is 0.0828. The molecule has 0 aliphatic heterocycles. The average molecular weight is 343 g/mol. The van der Waals surface area contributed by atoms with Crippen LogP contribution in [0.25, 0.3) is 0 Å². The molecule has 1 aliphatic rings. The van der Waals surface area contributed by atoms with Gasteiger partial charge in [0.05, 0.1) is 22.6 Å². The molecule has 0 heterocycles. The lowest BCUT2D eigenvalue weighted by Gasteiger charge is -2.29. The van der Waals surface area contributed by atoms with E-state index in [-0.39, 0.29) is 24.1 Å². The molecule has 0 aromatic heterocycles. The predicted octanol–water partition coefficient (Wildman–Crippen LogP) is 2.25. The lowest BCUT2D eigenvalue weighted by atomic mass is 9.96. The van der Waals surface area contributed by atoms with Gasteiger partial charge in [-0.05, 0) is 47.7 Å². The van der Waals surface area contributed by atoms with Crippen LogP contribution < -0.4 is 5.32 Å². The molecule has 7 heteroatoms. The van der Waals surface area contributed by atoms with Gasteiger partial charge in [0.1, 0.15) is 0 Å². The zero-order chi connectivity index (χ0) is 14.9. The van der Waals surface area contributed by atoms with E-state index in [9.17, 15) is 20.0 Å². The van der Waals surface area contributed by atoms with Gasteiger partial charge in [0.2, 0.25) is 0 Å². The highest BCUT2D eigenvalue weighted by molar-refractivity contribution is 9.10. The first-order valence-corrected chi connectivity index (χ1v) is 7.04. The van der Waals surface area contributed by atoms with Crippen LogP contribution in [-0.4, -0.2) is 28.1 Å². The number of carbonyl (C=O) groups is 1. The highest BCUT2D eigenvalue weighted by Crippen LogP contribution is 2.39. The molecule has 1 aromatic rings. The van der Waals surface area contributed by atoms with Crippen molar-refractivity contribution < 1.29 is 14.8 Å². The van der Waals surface area contributed by atoms with Crippen LogP contribution in [0.15, 0.2) is 22.7 Å². The molecule has 108 valence electrons. The number of nitro groups is 1. The first-order valence-electron chi connectivity index (χ1n) is 6.24. The molecule has 20 heavy (non-hydrogen) atoms. The molecule has 0 bridgehead atoms. The second-order valence-corrected chi connectivity index (χ2v) is 6.08. The van der Waals surface area contributed by atoms with Gasteiger partial charge < -0.3 is 10.4 Å². The number of carbonyl (C=O) groups excluding carboxylic acids is 1. The van der Waals surface area contributed by atoms with Gasteiger partial charge in [0, 0.05) is 16.6 Å². The molecule has 2 N–H and O–H groups in total. The van der Waals surface area contributed by atoms with Crippen molar-refractivity contribution in [3.63, 3.8) is 0 Å². The Morgan fingerprint density at radius 2 is 2.25 bits per heavy atom. The number of hydrogen-bond acceptors (Lipinski definition) is 4. The van der Waals surface area contributed by atoms with Crippen molar-refractivity contribution in [2.75, 3.05) is 6.61 Å². The lowest BCUT2D eigenvalue weighted by molar-refractivity contribution is -0.384. The lowest BCUT2D eigenvalue weighted by Crippen LogP contribution is -2.50. The van der Waals surface area contributed by atoms with E-state index in [1.807, 2.05) is 6.92 Å². The normalized spacial score (nSPS) is 17.4. The molecular formula is C13H15BrN2O4. The van der Waals surface area contributed by atoms with E-state index in [0.29, 0.717) is 10.0 Å². The van der Waals surface area contributed by atoms with Gasteiger partial charge >= 0.3 is 0 Å². The van der Waals surface area contributed by atoms with Crippen molar-refractivity contribution in [3.05, 3.63) is 38.3 Å². The number of benzene rings is 1. The summed E-state index contributed by atoms with van der Waals surface area (Å²) in [4.78, 5) is 22.4. The standard InChI is InChI=1S/C13H15BrN2O4/c1-13(7-17,8-2-3-8)15-12(18)10-5-4-9(16(19)20)6-11(10)14/h4-6,8,17H,2-3,7H2,1H3,(H,15,18). The number of amides is 1. The van der Waals surface area contributed by atoms with E-state index >= 15 is 0 Å². The summed E-state index contributed by atoms with van der Waals surface area (Å²) in [7, 11) is 0. The summed E-state index contributed by atoms with van der Waals surface area (Å²) in [6.07, 6.45) is 1.97. The van der Waals surface area contributed by atoms with E-state index in [1.165, 1.54) is 18.2 Å². The summed E-state index contributed by atoms with van der Waals surface area (Å²) in [5, 5.41) is 22.9. The number of aliphatic hydroxyl groups excluding tert-OH is 1. The van der Waals surface area contributed by atoms with Crippen LogP contribution in [-0.2, 0) is 0 Å². The SMILES string of the molecule is CC(CO)(NC(=O)c1ccc([N+](=O)[O-])cc1Br)C1CC1. The zero-order valence-electron chi connectivity index (χ0n) is 10.9. The fourth-order valence-electron chi connectivity index (χ4n) is 2.12. The molecule has 0 radical (unpaired) electrons. The van der Waals surface area contributed by atoms with Crippen molar-refractivity contribution in [1.82, 2.24) is 5.32 Å². The Bertz CT molecular complexity index is 559. The topological polar surface area (TPSA) is 92.5 Å². The molecule has 1 unspecified atom stereocenters. The van der Waals surface area contributed by atoms with Crippen molar-refractivity contribution in [2.45, 2.75) is 25.3 Å². The second-order valence-electron chi connectivity index (χ2n) is 5.23. The van der Waals surface area contributed by atoms with E-state index in [4.69, 9.17) is 0 Å². The number of halogens is 1. The third-order valence-electron chi connectivity index (χ3n) is 3.61. The summed E-state index contributed by atoms with van der Waals surface area (Å²) in [6, 6.07) is 3.98. The Morgan fingerprint density at radius 1 is 1.60 bits per heavy atom. The van der Waals surface area contributed by atoms with E-state index in [0.717, 1.165) is 12.8 Å². The smallest absolute Gasteiger partial charge is 0.270 e. The fraction of sp³-hybridized carbons (Fsp3) is 0.462. The number of non-ortho nitro benzene ring substituents is 1. The minimum Gasteiger partial charge on any atom is -0.394 e. The Hall–Kier alpha value is -1.47. The number of nitrogens with one attached hydrogen (secondary N) is 1. The van der Waals surface area contributed by atoms with Crippen LogP contribution in [0.4, 0.5) is 5.69 Å². The van der Waals surface area contributed by atoms with Crippen LogP contribution in [0.5, 0.6) is 0 Å². The molecule has 1 atom stereocenters. The zero-order valence-corrected chi connectivity index (χ0v) is 12.5. The molecule has 1 saturated carbocycles. The Balaban J connectivity index is 2.19. The van der Waals surface area contributed by atoms with Gasteiger partial charge in [0.25, 0.3) is 11.6 Å². The maximum absolute atomic E-state index is 12.2. The minimum atomic E-state index is -0.641. The summed E-state index contributed by atoms with van der Waals surface area (Å²) in [5.74, 6) is -0.0662. The monoisotopic (exact) mass is 342 g/mol. The first-order chi connectivity index (χ1) is 9.37. The number of aliphatic hydroxyl groups is 1. The molecule has 0 spiro atoms. The number of hydrogen-bond donors (Lipinski definition) is 2. The molecule has 6 nitrogen and oxygen atoms in total. The molecular weight excluding hydrogens is 328 g/mol. The quantitative estimate of drug-likeness (QED) is 0.634. The van der Waals surface area contributed by atoms with E-state index in [1.54, 1.807) is 0 Å². The molecule has 1 amide bonds.